The largest absolute Gasteiger partial charge is 0.506 e. The predicted molar refractivity (Wildman–Crippen MR) is 68.2 cm³/mol. The van der Waals surface area contributed by atoms with Gasteiger partial charge in [-0.2, -0.15) is 0 Å². The van der Waals surface area contributed by atoms with E-state index in [1.807, 2.05) is 6.07 Å². The number of anilines is 1. The Morgan fingerprint density at radius 2 is 2.19 bits per heavy atom. The van der Waals surface area contributed by atoms with Crippen molar-refractivity contribution in [2.45, 2.75) is 38.6 Å². The SMILES string of the molecule is CC1CCCC(Nc2ccc(O)c(Cl)c2)C1. The van der Waals surface area contributed by atoms with Gasteiger partial charge in [0.05, 0.1) is 5.02 Å². The first-order chi connectivity index (χ1) is 7.65. The average molecular weight is 240 g/mol. The first-order valence-corrected chi connectivity index (χ1v) is 6.28. The van der Waals surface area contributed by atoms with E-state index >= 15 is 0 Å². The van der Waals surface area contributed by atoms with Crippen molar-refractivity contribution in [2.75, 3.05) is 5.32 Å². The molecule has 1 fully saturated rings. The van der Waals surface area contributed by atoms with Gasteiger partial charge in [0.1, 0.15) is 5.75 Å². The Balaban J connectivity index is 2.00. The zero-order chi connectivity index (χ0) is 11.5. The van der Waals surface area contributed by atoms with E-state index in [1.165, 1.54) is 25.7 Å². The summed E-state index contributed by atoms with van der Waals surface area (Å²) in [7, 11) is 0. The van der Waals surface area contributed by atoms with Crippen molar-refractivity contribution < 1.29 is 5.11 Å². The monoisotopic (exact) mass is 239 g/mol. The quantitative estimate of drug-likeness (QED) is 0.764. The number of phenolic OH excluding ortho intramolecular Hbond substituents is 1. The molecule has 2 rings (SSSR count). The maximum atomic E-state index is 9.33. The fourth-order valence-corrected chi connectivity index (χ4v) is 2.58. The number of rotatable bonds is 2. The van der Waals surface area contributed by atoms with Crippen LogP contribution in [0.5, 0.6) is 5.75 Å². The van der Waals surface area contributed by atoms with Gasteiger partial charge in [0.25, 0.3) is 0 Å². The Morgan fingerprint density at radius 3 is 2.88 bits per heavy atom. The van der Waals surface area contributed by atoms with Gasteiger partial charge < -0.3 is 10.4 Å². The summed E-state index contributed by atoms with van der Waals surface area (Å²) in [5, 5.41) is 13.2. The number of halogens is 1. The maximum Gasteiger partial charge on any atom is 0.134 e. The molecule has 2 nitrogen and oxygen atoms in total. The van der Waals surface area contributed by atoms with Gasteiger partial charge in [0.2, 0.25) is 0 Å². The van der Waals surface area contributed by atoms with Crippen LogP contribution in [0.1, 0.15) is 32.6 Å². The third kappa shape index (κ3) is 2.82. The lowest BCUT2D eigenvalue weighted by Crippen LogP contribution is -2.26. The van der Waals surface area contributed by atoms with Crippen LogP contribution in [-0.2, 0) is 0 Å². The van der Waals surface area contributed by atoms with Crippen molar-refractivity contribution in [1.82, 2.24) is 0 Å². The summed E-state index contributed by atoms with van der Waals surface area (Å²) in [6.07, 6.45) is 5.08. The number of hydrogen-bond donors (Lipinski definition) is 2. The third-order valence-electron chi connectivity index (χ3n) is 3.25. The van der Waals surface area contributed by atoms with Gasteiger partial charge in [-0.1, -0.05) is 31.4 Å². The zero-order valence-electron chi connectivity index (χ0n) is 9.54. The highest BCUT2D eigenvalue weighted by Crippen LogP contribution is 2.29. The second-order valence-electron chi connectivity index (χ2n) is 4.78. The fourth-order valence-electron chi connectivity index (χ4n) is 2.40. The predicted octanol–water partition coefficient (Wildman–Crippen LogP) is 4.04. The summed E-state index contributed by atoms with van der Waals surface area (Å²) in [5.41, 5.74) is 1.00. The van der Waals surface area contributed by atoms with E-state index in [2.05, 4.69) is 12.2 Å². The van der Waals surface area contributed by atoms with Crippen molar-refractivity contribution in [1.29, 1.82) is 0 Å². The molecule has 0 heterocycles. The number of aromatic hydroxyl groups is 1. The molecule has 1 saturated carbocycles. The summed E-state index contributed by atoms with van der Waals surface area (Å²) < 4.78 is 0. The zero-order valence-corrected chi connectivity index (χ0v) is 10.3. The molecule has 1 aromatic rings. The lowest BCUT2D eigenvalue weighted by Gasteiger charge is -2.28. The highest BCUT2D eigenvalue weighted by molar-refractivity contribution is 6.32. The van der Waals surface area contributed by atoms with Crippen molar-refractivity contribution in [3.05, 3.63) is 23.2 Å². The molecule has 1 aliphatic carbocycles. The second-order valence-corrected chi connectivity index (χ2v) is 5.19. The second kappa shape index (κ2) is 4.96. The minimum Gasteiger partial charge on any atom is -0.506 e. The Labute approximate surface area is 102 Å². The lowest BCUT2D eigenvalue weighted by atomic mass is 9.87. The highest BCUT2D eigenvalue weighted by atomic mass is 35.5. The smallest absolute Gasteiger partial charge is 0.134 e. The molecule has 0 amide bonds. The van der Waals surface area contributed by atoms with Crippen LogP contribution >= 0.6 is 11.6 Å². The first kappa shape index (κ1) is 11.6. The van der Waals surface area contributed by atoms with E-state index in [0.29, 0.717) is 11.1 Å². The molecule has 2 atom stereocenters. The van der Waals surface area contributed by atoms with Crippen LogP contribution in [-0.4, -0.2) is 11.1 Å². The van der Waals surface area contributed by atoms with Gasteiger partial charge in [-0.25, -0.2) is 0 Å². The Kier molecular flexibility index (Phi) is 3.59. The Hall–Kier alpha value is -0.890. The van der Waals surface area contributed by atoms with Crippen molar-refractivity contribution in [3.8, 4) is 5.75 Å². The molecule has 3 heteroatoms. The van der Waals surface area contributed by atoms with Gasteiger partial charge in [-0.05, 0) is 37.0 Å². The number of nitrogens with one attached hydrogen (secondary N) is 1. The minimum atomic E-state index is 0.143. The van der Waals surface area contributed by atoms with E-state index in [9.17, 15) is 5.11 Å². The van der Waals surface area contributed by atoms with E-state index in [0.717, 1.165) is 11.6 Å². The molecule has 16 heavy (non-hydrogen) atoms. The van der Waals surface area contributed by atoms with Gasteiger partial charge in [-0.15, -0.1) is 0 Å². The molecular weight excluding hydrogens is 222 g/mol. The fraction of sp³-hybridized carbons (Fsp3) is 0.538. The standard InChI is InChI=1S/C13H18ClNO/c1-9-3-2-4-10(7-9)15-11-5-6-13(16)12(14)8-11/h5-6,8-10,15-16H,2-4,7H2,1H3. The van der Waals surface area contributed by atoms with Gasteiger partial charge in [0, 0.05) is 11.7 Å². The average Bonchev–Trinajstić information content (AvgIpc) is 2.24. The molecule has 88 valence electrons. The Morgan fingerprint density at radius 1 is 1.38 bits per heavy atom. The van der Waals surface area contributed by atoms with Crippen molar-refractivity contribution in [3.63, 3.8) is 0 Å². The number of hydrogen-bond acceptors (Lipinski definition) is 2. The van der Waals surface area contributed by atoms with Crippen LogP contribution in [0.2, 0.25) is 5.02 Å². The van der Waals surface area contributed by atoms with Gasteiger partial charge in [0.15, 0.2) is 0 Å². The third-order valence-corrected chi connectivity index (χ3v) is 3.56. The van der Waals surface area contributed by atoms with Crippen LogP contribution < -0.4 is 5.32 Å². The van der Waals surface area contributed by atoms with Crippen molar-refractivity contribution in [2.24, 2.45) is 5.92 Å². The molecule has 0 spiro atoms. The molecule has 1 aliphatic rings. The molecule has 0 aliphatic heterocycles. The normalized spacial score (nSPS) is 25.4. The molecule has 0 aromatic heterocycles. The lowest BCUT2D eigenvalue weighted by molar-refractivity contribution is 0.358. The minimum absolute atomic E-state index is 0.143. The molecule has 2 N–H and O–H groups in total. The first-order valence-electron chi connectivity index (χ1n) is 5.90. The summed E-state index contributed by atoms with van der Waals surface area (Å²) >= 11 is 5.87. The van der Waals surface area contributed by atoms with E-state index in [4.69, 9.17) is 11.6 Å². The van der Waals surface area contributed by atoms with Crippen LogP contribution in [0.25, 0.3) is 0 Å². The summed E-state index contributed by atoms with van der Waals surface area (Å²) in [6.45, 7) is 2.30. The molecule has 0 radical (unpaired) electrons. The van der Waals surface area contributed by atoms with E-state index < -0.39 is 0 Å². The van der Waals surface area contributed by atoms with Crippen LogP contribution in [0.4, 0.5) is 5.69 Å². The number of benzene rings is 1. The summed E-state index contributed by atoms with van der Waals surface area (Å²) in [4.78, 5) is 0. The van der Waals surface area contributed by atoms with Crippen molar-refractivity contribution >= 4 is 17.3 Å². The van der Waals surface area contributed by atoms with Gasteiger partial charge >= 0.3 is 0 Å². The van der Waals surface area contributed by atoms with E-state index in [1.54, 1.807) is 12.1 Å². The maximum absolute atomic E-state index is 9.33. The van der Waals surface area contributed by atoms with Gasteiger partial charge in [-0.3, -0.25) is 0 Å². The summed E-state index contributed by atoms with van der Waals surface area (Å²) in [6, 6.07) is 5.84. The molecular formula is C13H18ClNO. The van der Waals surface area contributed by atoms with Crippen LogP contribution in [0.3, 0.4) is 0 Å². The molecule has 2 unspecified atom stereocenters. The van der Waals surface area contributed by atoms with Crippen LogP contribution in [0, 0.1) is 5.92 Å². The molecule has 0 bridgehead atoms. The summed E-state index contributed by atoms with van der Waals surface area (Å²) in [5.74, 6) is 0.947. The molecule has 1 aromatic carbocycles. The topological polar surface area (TPSA) is 32.3 Å². The molecule has 0 saturated heterocycles. The van der Waals surface area contributed by atoms with E-state index in [-0.39, 0.29) is 5.75 Å². The Bertz CT molecular complexity index is 367. The highest BCUT2D eigenvalue weighted by Gasteiger charge is 2.18. The van der Waals surface area contributed by atoms with Crippen LogP contribution in [0.15, 0.2) is 18.2 Å². The number of phenols is 1.